The summed E-state index contributed by atoms with van der Waals surface area (Å²) in [5.74, 6) is 0.623. The van der Waals surface area contributed by atoms with Gasteiger partial charge in [0.2, 0.25) is 0 Å². The monoisotopic (exact) mass is 392 g/mol. The Morgan fingerprint density at radius 1 is 1.14 bits per heavy atom. The Balaban J connectivity index is 1.86. The van der Waals surface area contributed by atoms with Gasteiger partial charge in [-0.15, -0.1) is 0 Å². The van der Waals surface area contributed by atoms with Crippen molar-refractivity contribution in [2.24, 2.45) is 0 Å². The van der Waals surface area contributed by atoms with E-state index < -0.39 is 0 Å². The first-order chi connectivity index (χ1) is 14.1. The molecule has 0 atom stereocenters. The normalized spacial score (nSPS) is 10.9. The highest BCUT2D eigenvalue weighted by Crippen LogP contribution is 2.26. The van der Waals surface area contributed by atoms with E-state index in [4.69, 9.17) is 9.84 Å². The molecule has 1 N–H and O–H groups in total. The van der Waals surface area contributed by atoms with Crippen LogP contribution in [0.2, 0.25) is 0 Å². The molecule has 1 aromatic heterocycles. The number of benzene rings is 2. The summed E-state index contributed by atoms with van der Waals surface area (Å²) in [5, 5.41) is 7.74. The van der Waals surface area contributed by atoms with Crippen molar-refractivity contribution in [1.29, 1.82) is 0 Å². The van der Waals surface area contributed by atoms with Crippen LogP contribution >= 0.6 is 0 Å². The fraction of sp³-hybridized carbons (Fsp3) is 0.304. The van der Waals surface area contributed by atoms with Gasteiger partial charge in [0.25, 0.3) is 5.91 Å². The van der Waals surface area contributed by atoms with E-state index >= 15 is 0 Å². The fourth-order valence-electron chi connectivity index (χ4n) is 3.12. The first kappa shape index (κ1) is 20.6. The zero-order valence-electron chi connectivity index (χ0n) is 17.3. The molecule has 1 amide bonds. The lowest BCUT2D eigenvalue weighted by Crippen LogP contribution is -2.27. The number of hydrogen-bond acceptors (Lipinski definition) is 4. The number of nitrogens with one attached hydrogen (secondary N) is 1. The molecule has 0 fully saturated rings. The first-order valence-electron chi connectivity index (χ1n) is 9.75. The van der Waals surface area contributed by atoms with Gasteiger partial charge in [-0.2, -0.15) is 5.10 Å². The lowest BCUT2D eigenvalue weighted by molar-refractivity contribution is 0.0953. The van der Waals surface area contributed by atoms with E-state index in [1.807, 2.05) is 79.6 Å². The Kier molecular flexibility index (Phi) is 7.03. The summed E-state index contributed by atoms with van der Waals surface area (Å²) >= 11 is 0. The van der Waals surface area contributed by atoms with Crippen molar-refractivity contribution in [1.82, 2.24) is 20.0 Å². The standard InChI is InChI=1S/C23H28N4O2/c1-26(2)14-8-13-24-23(28)21-17-27(16-18-9-5-4-6-10-18)25-22(21)19-11-7-12-20(15-19)29-3/h4-7,9-12,15,17H,8,13-14,16H2,1-3H3,(H,24,28). The molecule has 0 bridgehead atoms. The Hall–Kier alpha value is -3.12. The maximum Gasteiger partial charge on any atom is 0.255 e. The van der Waals surface area contributed by atoms with Gasteiger partial charge in [-0.05, 0) is 44.8 Å². The van der Waals surface area contributed by atoms with Crippen molar-refractivity contribution in [2.75, 3.05) is 34.3 Å². The lowest BCUT2D eigenvalue weighted by Gasteiger charge is -2.10. The van der Waals surface area contributed by atoms with Crippen LogP contribution in [0.5, 0.6) is 5.75 Å². The van der Waals surface area contributed by atoms with Gasteiger partial charge >= 0.3 is 0 Å². The van der Waals surface area contributed by atoms with Crippen molar-refractivity contribution in [3.8, 4) is 17.0 Å². The number of carbonyl (C=O) groups excluding carboxylic acids is 1. The first-order valence-corrected chi connectivity index (χ1v) is 9.75. The van der Waals surface area contributed by atoms with Crippen LogP contribution in [-0.4, -0.2) is 54.9 Å². The Morgan fingerprint density at radius 2 is 1.93 bits per heavy atom. The number of rotatable bonds is 9. The van der Waals surface area contributed by atoms with Crippen molar-refractivity contribution in [2.45, 2.75) is 13.0 Å². The third-order valence-electron chi connectivity index (χ3n) is 4.60. The van der Waals surface area contributed by atoms with Crippen LogP contribution in [0.25, 0.3) is 11.3 Å². The average molecular weight is 393 g/mol. The summed E-state index contributed by atoms with van der Waals surface area (Å²) in [7, 11) is 5.68. The maximum atomic E-state index is 12.9. The van der Waals surface area contributed by atoms with Crippen LogP contribution in [-0.2, 0) is 6.54 Å². The molecule has 0 aliphatic carbocycles. The minimum Gasteiger partial charge on any atom is -0.497 e. The molecule has 6 nitrogen and oxygen atoms in total. The van der Waals surface area contributed by atoms with Gasteiger partial charge in [-0.3, -0.25) is 9.48 Å². The molecule has 152 valence electrons. The molecular weight excluding hydrogens is 364 g/mol. The third kappa shape index (κ3) is 5.68. The second-order valence-electron chi connectivity index (χ2n) is 7.22. The highest BCUT2D eigenvalue weighted by molar-refractivity contribution is 5.99. The number of nitrogens with zero attached hydrogens (tertiary/aromatic N) is 3. The second-order valence-corrected chi connectivity index (χ2v) is 7.22. The van der Waals surface area contributed by atoms with Crippen LogP contribution in [0.1, 0.15) is 22.3 Å². The number of methoxy groups -OCH3 is 1. The molecule has 29 heavy (non-hydrogen) atoms. The van der Waals surface area contributed by atoms with Gasteiger partial charge in [0, 0.05) is 18.3 Å². The molecule has 0 spiro atoms. The highest BCUT2D eigenvalue weighted by Gasteiger charge is 2.18. The average Bonchev–Trinajstić information content (AvgIpc) is 3.15. The van der Waals surface area contributed by atoms with E-state index in [1.165, 1.54) is 0 Å². The van der Waals surface area contributed by atoms with Crippen molar-refractivity contribution in [3.05, 3.63) is 71.9 Å². The zero-order chi connectivity index (χ0) is 20.6. The molecule has 3 aromatic rings. The lowest BCUT2D eigenvalue weighted by atomic mass is 10.1. The number of ether oxygens (including phenoxy) is 1. The minimum absolute atomic E-state index is 0.110. The summed E-state index contributed by atoms with van der Waals surface area (Å²) in [4.78, 5) is 15.0. The topological polar surface area (TPSA) is 59.4 Å². The fourth-order valence-corrected chi connectivity index (χ4v) is 3.12. The molecule has 2 aromatic carbocycles. The SMILES string of the molecule is COc1cccc(-c2nn(Cc3ccccc3)cc2C(=O)NCCCN(C)C)c1. The number of carbonyl (C=O) groups is 1. The molecule has 6 heteroatoms. The minimum atomic E-state index is -0.110. The summed E-state index contributed by atoms with van der Waals surface area (Å²) in [5.41, 5.74) is 3.21. The molecule has 0 saturated carbocycles. The van der Waals surface area contributed by atoms with Crippen LogP contribution < -0.4 is 10.1 Å². The molecule has 0 unspecified atom stereocenters. The van der Waals surface area contributed by atoms with Crippen LogP contribution in [0.4, 0.5) is 0 Å². The Morgan fingerprint density at radius 3 is 2.66 bits per heavy atom. The number of hydrogen-bond donors (Lipinski definition) is 1. The van der Waals surface area contributed by atoms with Gasteiger partial charge < -0.3 is 15.0 Å². The molecule has 3 rings (SSSR count). The van der Waals surface area contributed by atoms with E-state index in [0.29, 0.717) is 24.3 Å². The van der Waals surface area contributed by atoms with Crippen molar-refractivity contribution in [3.63, 3.8) is 0 Å². The molecule has 0 aliphatic rings. The molecule has 1 heterocycles. The van der Waals surface area contributed by atoms with Gasteiger partial charge in [-0.1, -0.05) is 42.5 Å². The van der Waals surface area contributed by atoms with Crippen molar-refractivity contribution >= 4 is 5.91 Å². The Bertz CT molecular complexity index is 935. The van der Waals surface area contributed by atoms with Gasteiger partial charge in [0.15, 0.2) is 0 Å². The van der Waals surface area contributed by atoms with Crippen molar-refractivity contribution < 1.29 is 9.53 Å². The van der Waals surface area contributed by atoms with E-state index in [-0.39, 0.29) is 5.91 Å². The molecule has 0 saturated heterocycles. The Labute approximate surface area is 172 Å². The van der Waals surface area contributed by atoms with E-state index in [0.717, 1.165) is 29.8 Å². The quantitative estimate of drug-likeness (QED) is 0.568. The molecular formula is C23H28N4O2. The highest BCUT2D eigenvalue weighted by atomic mass is 16.5. The molecule has 0 aliphatic heterocycles. The summed E-state index contributed by atoms with van der Waals surface area (Å²) in [6.07, 6.45) is 2.72. The predicted molar refractivity (Wildman–Crippen MR) is 115 cm³/mol. The van der Waals surface area contributed by atoms with Crippen LogP contribution in [0, 0.1) is 0 Å². The van der Waals surface area contributed by atoms with Crippen LogP contribution in [0.15, 0.2) is 60.8 Å². The molecule has 0 radical (unpaired) electrons. The van der Waals surface area contributed by atoms with E-state index in [9.17, 15) is 4.79 Å². The second kappa shape index (κ2) is 9.89. The van der Waals surface area contributed by atoms with E-state index in [1.54, 1.807) is 7.11 Å². The number of amides is 1. The third-order valence-corrected chi connectivity index (χ3v) is 4.60. The predicted octanol–water partition coefficient (Wildman–Crippen LogP) is 3.29. The zero-order valence-corrected chi connectivity index (χ0v) is 17.3. The summed E-state index contributed by atoms with van der Waals surface area (Å²) in [6, 6.07) is 17.7. The van der Waals surface area contributed by atoms with Gasteiger partial charge in [0.1, 0.15) is 11.4 Å². The van der Waals surface area contributed by atoms with Gasteiger partial charge in [-0.25, -0.2) is 0 Å². The maximum absolute atomic E-state index is 12.9. The number of aromatic nitrogens is 2. The van der Waals surface area contributed by atoms with Crippen LogP contribution in [0.3, 0.4) is 0 Å². The smallest absolute Gasteiger partial charge is 0.255 e. The summed E-state index contributed by atoms with van der Waals surface area (Å²) < 4.78 is 7.16. The van der Waals surface area contributed by atoms with Gasteiger partial charge in [0.05, 0.1) is 19.2 Å². The van der Waals surface area contributed by atoms with E-state index in [2.05, 4.69) is 10.2 Å². The summed E-state index contributed by atoms with van der Waals surface area (Å²) in [6.45, 7) is 2.15. The largest absolute Gasteiger partial charge is 0.497 e.